The van der Waals surface area contributed by atoms with Crippen LogP contribution >= 0.6 is 0 Å². The third-order valence-electron chi connectivity index (χ3n) is 10.0. The van der Waals surface area contributed by atoms with Crippen molar-refractivity contribution in [2.75, 3.05) is 26.1 Å². The average Bonchev–Trinajstić information content (AvgIpc) is 3.66. The Morgan fingerprint density at radius 1 is 1.13 bits per heavy atom. The minimum Gasteiger partial charge on any atom is -0.472 e. The number of fused-ring (bicyclic) bond motifs is 5. The maximum Gasteiger partial charge on any atom is 0.408 e. The molecule has 3 unspecified atom stereocenters. The molecule has 3 N–H and O–H groups in total. The number of carbonyl (C=O) groups is 2. The fraction of sp³-hybridized carbons (Fsp3) is 0.500. The number of benzene rings is 2. The third-order valence-corrected chi connectivity index (χ3v) is 10.6. The van der Waals surface area contributed by atoms with Crippen molar-refractivity contribution in [3.05, 3.63) is 78.4 Å². The monoisotopic (exact) mass is 763 g/mol. The smallest absolute Gasteiger partial charge is 0.408 e. The standard InChI is InChI=1S/C40H50FN5O7S/c1-6-35-33(44-38(48)53-39(2,3)4)17-11-9-7-8-10-14-26-22-40(26,37(47)45-54(5,49)50)42-25-51-24-28-21-29(23-46(28)35)52-36-32-16-13-12-15-30(32)31-19-18-27(41)20-34(31)43-36/h10,12-16,18-20,26,28-29,33,42H,1,7-9,11,17,21-25H2,2-5H3,(H,44,48)(H,45,47)/b14-10-/t26?,28?,29-,33+,40?/m1/s1. The molecule has 14 heteroatoms. The molecule has 1 saturated carbocycles. The number of hydrogen-bond donors (Lipinski definition) is 3. The first-order valence-corrected chi connectivity index (χ1v) is 20.4. The number of halogens is 1. The van der Waals surface area contributed by atoms with Crippen LogP contribution in [0.3, 0.4) is 0 Å². The van der Waals surface area contributed by atoms with Gasteiger partial charge in [-0.3, -0.25) is 14.8 Å². The SMILES string of the molecule is C=C=C1[C@@H](NC(=O)OC(C)(C)C)CCCCC/C=C\C2CC2(C(=O)NS(C)(=O)=O)NCOCC2C[C@@H](Oc3nc4cc(F)ccc4c4ccccc34)CN12. The van der Waals surface area contributed by atoms with E-state index in [1.54, 1.807) is 6.07 Å². The van der Waals surface area contributed by atoms with Crippen LogP contribution in [0, 0.1) is 11.7 Å². The highest BCUT2D eigenvalue weighted by molar-refractivity contribution is 7.89. The Balaban J connectivity index is 1.29. The highest BCUT2D eigenvalue weighted by Gasteiger charge is 2.59. The van der Waals surface area contributed by atoms with Crippen LogP contribution in [0.25, 0.3) is 21.7 Å². The van der Waals surface area contributed by atoms with E-state index in [1.165, 1.54) is 12.1 Å². The van der Waals surface area contributed by atoms with Gasteiger partial charge in [0, 0.05) is 29.2 Å². The second kappa shape index (κ2) is 16.1. The lowest BCUT2D eigenvalue weighted by Gasteiger charge is -2.33. The fourth-order valence-electron chi connectivity index (χ4n) is 7.46. The Hall–Kier alpha value is -4.49. The number of amides is 2. The molecule has 1 aromatic heterocycles. The van der Waals surface area contributed by atoms with Gasteiger partial charge in [0.25, 0.3) is 5.91 Å². The Morgan fingerprint density at radius 3 is 2.65 bits per heavy atom. The quantitative estimate of drug-likeness (QED) is 0.165. The van der Waals surface area contributed by atoms with E-state index in [1.807, 2.05) is 57.2 Å². The van der Waals surface area contributed by atoms with E-state index < -0.39 is 51.1 Å². The van der Waals surface area contributed by atoms with Crippen molar-refractivity contribution in [3.63, 3.8) is 0 Å². The number of carbonyl (C=O) groups excluding carboxylic acids is 2. The lowest BCUT2D eigenvalue weighted by atomic mass is 10.0. The summed E-state index contributed by atoms with van der Waals surface area (Å²) in [4.78, 5) is 33.2. The molecule has 54 heavy (non-hydrogen) atoms. The number of hydrogen-bond acceptors (Lipinski definition) is 10. The summed E-state index contributed by atoms with van der Waals surface area (Å²) in [5.41, 5.74) is 2.47. The molecule has 3 heterocycles. The van der Waals surface area contributed by atoms with Gasteiger partial charge in [0.1, 0.15) is 23.1 Å². The van der Waals surface area contributed by atoms with E-state index in [9.17, 15) is 22.4 Å². The van der Waals surface area contributed by atoms with Gasteiger partial charge in [-0.25, -0.2) is 22.6 Å². The second-order valence-corrected chi connectivity index (χ2v) is 17.2. The van der Waals surface area contributed by atoms with Crippen molar-refractivity contribution in [2.45, 2.75) is 95.0 Å². The Labute approximate surface area is 316 Å². The predicted octanol–water partition coefficient (Wildman–Crippen LogP) is 5.83. The minimum atomic E-state index is -3.77. The topological polar surface area (TPSA) is 148 Å². The molecule has 0 spiro atoms. The van der Waals surface area contributed by atoms with Crippen LogP contribution < -0.4 is 20.1 Å². The van der Waals surface area contributed by atoms with Gasteiger partial charge in [-0.2, -0.15) is 0 Å². The van der Waals surface area contributed by atoms with Gasteiger partial charge in [0.15, 0.2) is 0 Å². The van der Waals surface area contributed by atoms with Crippen molar-refractivity contribution in [1.29, 1.82) is 0 Å². The summed E-state index contributed by atoms with van der Waals surface area (Å²) in [7, 11) is -3.77. The van der Waals surface area contributed by atoms with Crippen molar-refractivity contribution in [1.82, 2.24) is 25.2 Å². The number of rotatable bonds is 5. The lowest BCUT2D eigenvalue weighted by Crippen LogP contribution is -2.50. The molecule has 2 aliphatic heterocycles. The zero-order valence-corrected chi connectivity index (χ0v) is 32.1. The molecule has 2 aromatic carbocycles. The zero-order valence-electron chi connectivity index (χ0n) is 31.3. The van der Waals surface area contributed by atoms with Gasteiger partial charge in [0.05, 0.1) is 49.4 Å². The van der Waals surface area contributed by atoms with Crippen molar-refractivity contribution in [2.24, 2.45) is 5.92 Å². The first-order valence-electron chi connectivity index (χ1n) is 18.5. The van der Waals surface area contributed by atoms with Gasteiger partial charge in [0.2, 0.25) is 15.9 Å². The number of sulfonamides is 1. The molecular formula is C40H50FN5O7S. The van der Waals surface area contributed by atoms with Crippen LogP contribution in [0.5, 0.6) is 5.88 Å². The fourth-order valence-corrected chi connectivity index (χ4v) is 7.98. The molecule has 6 rings (SSSR count). The number of allylic oxidation sites excluding steroid dienone is 1. The normalized spacial score (nSPS) is 26.2. The minimum absolute atomic E-state index is 0.0213. The molecular weight excluding hydrogens is 714 g/mol. The van der Waals surface area contributed by atoms with Gasteiger partial charge >= 0.3 is 6.09 Å². The molecule has 1 saturated heterocycles. The van der Waals surface area contributed by atoms with Crippen molar-refractivity contribution >= 4 is 43.7 Å². The van der Waals surface area contributed by atoms with Crippen molar-refractivity contribution < 1.29 is 36.6 Å². The highest BCUT2D eigenvalue weighted by atomic mass is 32.2. The van der Waals surface area contributed by atoms with Crippen LogP contribution in [-0.4, -0.2) is 85.8 Å². The van der Waals surface area contributed by atoms with Crippen LogP contribution in [0.15, 0.2) is 72.6 Å². The summed E-state index contributed by atoms with van der Waals surface area (Å²) in [5, 5.41) is 8.76. The van der Waals surface area contributed by atoms with Crippen molar-refractivity contribution in [3.8, 4) is 5.88 Å². The molecule has 3 aromatic rings. The van der Waals surface area contributed by atoms with Gasteiger partial charge < -0.3 is 24.4 Å². The Morgan fingerprint density at radius 2 is 1.91 bits per heavy atom. The Kier molecular flexibility index (Phi) is 11.7. The maximum atomic E-state index is 14.3. The predicted molar refractivity (Wildman–Crippen MR) is 205 cm³/mol. The summed E-state index contributed by atoms with van der Waals surface area (Å²) in [6, 6.07) is 11.5. The van der Waals surface area contributed by atoms with E-state index in [0.717, 1.165) is 48.1 Å². The van der Waals surface area contributed by atoms with E-state index in [2.05, 4.69) is 32.6 Å². The molecule has 12 nitrogen and oxygen atoms in total. The van der Waals surface area contributed by atoms with Gasteiger partial charge in [-0.15, -0.1) is 5.73 Å². The molecule has 2 amide bonds. The first kappa shape index (κ1) is 39.2. The second-order valence-electron chi connectivity index (χ2n) is 15.4. The van der Waals surface area contributed by atoms with Crippen LogP contribution in [0.1, 0.15) is 65.7 Å². The number of alkyl carbamates (subject to hydrolysis) is 1. The summed E-state index contributed by atoms with van der Waals surface area (Å²) in [5.74, 6) is -0.811. The van der Waals surface area contributed by atoms with E-state index in [-0.39, 0.29) is 25.3 Å². The largest absolute Gasteiger partial charge is 0.472 e. The molecule has 0 bridgehead atoms. The zero-order chi connectivity index (χ0) is 38.7. The molecule has 1 aliphatic carbocycles. The number of pyridine rings is 1. The number of nitrogens with one attached hydrogen (secondary N) is 3. The molecule has 290 valence electrons. The number of ether oxygens (including phenoxy) is 3. The molecule has 5 atom stereocenters. The molecule has 0 radical (unpaired) electrons. The van der Waals surface area contributed by atoms with Gasteiger partial charge in [-0.1, -0.05) is 49.8 Å². The van der Waals surface area contributed by atoms with Crippen LogP contribution in [0.2, 0.25) is 0 Å². The van der Waals surface area contributed by atoms with E-state index in [0.29, 0.717) is 42.9 Å². The summed E-state index contributed by atoms with van der Waals surface area (Å²) < 4.78 is 58.9. The van der Waals surface area contributed by atoms with E-state index in [4.69, 9.17) is 19.2 Å². The number of nitrogens with zero attached hydrogens (tertiary/aromatic N) is 2. The number of aromatic nitrogens is 1. The summed E-state index contributed by atoms with van der Waals surface area (Å²) in [6.45, 7) is 10.0. The third kappa shape index (κ3) is 9.41. The maximum absolute atomic E-state index is 14.3. The molecule has 3 aliphatic rings. The highest BCUT2D eigenvalue weighted by Crippen LogP contribution is 2.45. The van der Waals surface area contributed by atoms with Crippen LogP contribution in [-0.2, 0) is 24.3 Å². The molecule has 2 fully saturated rings. The summed E-state index contributed by atoms with van der Waals surface area (Å²) >= 11 is 0. The lowest BCUT2D eigenvalue weighted by molar-refractivity contribution is -0.123. The first-order chi connectivity index (χ1) is 25.7. The Bertz CT molecular complexity index is 2080. The average molecular weight is 764 g/mol. The van der Waals surface area contributed by atoms with E-state index >= 15 is 0 Å². The van der Waals surface area contributed by atoms with Crippen LogP contribution in [0.4, 0.5) is 9.18 Å². The summed E-state index contributed by atoms with van der Waals surface area (Å²) in [6.07, 6.45) is 8.90. The van der Waals surface area contributed by atoms with Gasteiger partial charge in [-0.05, 0) is 70.0 Å².